The molecule has 2 amide bonds. The lowest BCUT2D eigenvalue weighted by atomic mass is 9.97. The Morgan fingerprint density at radius 2 is 1.49 bits per heavy atom. The monoisotopic (exact) mass is 531 g/mol. The first-order valence-electron chi connectivity index (χ1n) is 12.2. The standard InChI is InChI=1S/C30H24F3N3O3/c31-30(32,33)23-13-10-20(11-14-23)26-8-4-5-9-27(26)28(37)34-25-15-12-22-19-36(17-16-21(22)18-25)39-29(38)35-24-6-2-1-3-7-24/h1-15,18H,16-17,19H2,(H,34,37)(H,35,38). The molecule has 0 saturated carbocycles. The smallest absolute Gasteiger partial charge is 0.350 e. The molecule has 1 aliphatic heterocycles. The summed E-state index contributed by atoms with van der Waals surface area (Å²) in [5.74, 6) is -0.371. The first-order chi connectivity index (χ1) is 18.8. The molecule has 4 aromatic rings. The maximum absolute atomic E-state index is 13.2. The second-order valence-electron chi connectivity index (χ2n) is 9.04. The third kappa shape index (κ3) is 6.27. The number of hydrogen-bond donors (Lipinski definition) is 2. The quantitative estimate of drug-likeness (QED) is 0.287. The molecular formula is C30H24F3N3O3. The second-order valence-corrected chi connectivity index (χ2v) is 9.04. The fourth-order valence-corrected chi connectivity index (χ4v) is 4.43. The van der Waals surface area contributed by atoms with Crippen LogP contribution in [0.5, 0.6) is 0 Å². The van der Waals surface area contributed by atoms with Crippen molar-refractivity contribution in [3.05, 3.63) is 119 Å². The van der Waals surface area contributed by atoms with E-state index in [4.69, 9.17) is 4.84 Å². The molecule has 1 heterocycles. The number of hydrogen-bond acceptors (Lipinski definition) is 4. The molecule has 5 rings (SSSR count). The lowest BCUT2D eigenvalue weighted by Crippen LogP contribution is -2.34. The number of carbonyl (C=O) groups is 2. The summed E-state index contributed by atoms with van der Waals surface area (Å²) in [6.45, 7) is 0.895. The van der Waals surface area contributed by atoms with Crippen molar-refractivity contribution in [1.29, 1.82) is 0 Å². The van der Waals surface area contributed by atoms with Crippen molar-refractivity contribution in [2.24, 2.45) is 0 Å². The predicted octanol–water partition coefficient (Wildman–Crippen LogP) is 7.15. The van der Waals surface area contributed by atoms with Crippen LogP contribution in [0.3, 0.4) is 0 Å². The van der Waals surface area contributed by atoms with Gasteiger partial charge in [0.15, 0.2) is 0 Å². The number of alkyl halides is 3. The number of halogens is 3. The van der Waals surface area contributed by atoms with Gasteiger partial charge in [-0.25, -0.2) is 4.79 Å². The lowest BCUT2D eigenvalue weighted by molar-refractivity contribution is -0.137. The maximum atomic E-state index is 13.2. The molecule has 4 aromatic carbocycles. The third-order valence-electron chi connectivity index (χ3n) is 6.37. The van der Waals surface area contributed by atoms with E-state index >= 15 is 0 Å². The van der Waals surface area contributed by atoms with E-state index in [1.165, 1.54) is 12.1 Å². The van der Waals surface area contributed by atoms with Gasteiger partial charge in [0.1, 0.15) is 0 Å². The molecule has 6 nitrogen and oxygen atoms in total. The van der Waals surface area contributed by atoms with Crippen LogP contribution in [0.25, 0.3) is 11.1 Å². The maximum Gasteiger partial charge on any atom is 0.430 e. The van der Waals surface area contributed by atoms with Crippen molar-refractivity contribution in [3.63, 3.8) is 0 Å². The van der Waals surface area contributed by atoms with Crippen LogP contribution in [0.1, 0.15) is 27.0 Å². The molecular weight excluding hydrogens is 507 g/mol. The highest BCUT2D eigenvalue weighted by atomic mass is 19.4. The molecule has 9 heteroatoms. The number of benzene rings is 4. The fourth-order valence-electron chi connectivity index (χ4n) is 4.43. The first kappa shape index (κ1) is 26.0. The van der Waals surface area contributed by atoms with Crippen molar-refractivity contribution in [2.75, 3.05) is 17.2 Å². The molecule has 1 aliphatic rings. The van der Waals surface area contributed by atoms with Crippen molar-refractivity contribution in [3.8, 4) is 11.1 Å². The summed E-state index contributed by atoms with van der Waals surface area (Å²) in [5, 5.41) is 7.16. The van der Waals surface area contributed by atoms with E-state index in [9.17, 15) is 22.8 Å². The van der Waals surface area contributed by atoms with Crippen LogP contribution >= 0.6 is 0 Å². The van der Waals surface area contributed by atoms with E-state index in [1.54, 1.807) is 47.5 Å². The van der Waals surface area contributed by atoms with Crippen LogP contribution in [0.15, 0.2) is 97.1 Å². The normalized spacial score (nSPS) is 13.3. The van der Waals surface area contributed by atoms with Crippen LogP contribution in [-0.4, -0.2) is 23.6 Å². The van der Waals surface area contributed by atoms with Gasteiger partial charge in [-0.05, 0) is 71.1 Å². The zero-order valence-corrected chi connectivity index (χ0v) is 20.7. The van der Waals surface area contributed by atoms with Gasteiger partial charge < -0.3 is 10.2 Å². The Morgan fingerprint density at radius 1 is 0.769 bits per heavy atom. The highest BCUT2D eigenvalue weighted by Gasteiger charge is 2.30. The summed E-state index contributed by atoms with van der Waals surface area (Å²) in [4.78, 5) is 30.8. The Bertz CT molecular complexity index is 1490. The highest BCUT2D eigenvalue weighted by Crippen LogP contribution is 2.32. The molecule has 2 N–H and O–H groups in total. The topological polar surface area (TPSA) is 70.7 Å². The van der Waals surface area contributed by atoms with Gasteiger partial charge in [-0.2, -0.15) is 13.2 Å². The van der Waals surface area contributed by atoms with Crippen molar-refractivity contribution >= 4 is 23.4 Å². The molecule has 0 unspecified atom stereocenters. The molecule has 39 heavy (non-hydrogen) atoms. The number of amides is 2. The minimum atomic E-state index is -4.43. The van der Waals surface area contributed by atoms with E-state index in [0.29, 0.717) is 47.6 Å². The van der Waals surface area contributed by atoms with E-state index in [-0.39, 0.29) is 5.91 Å². The van der Waals surface area contributed by atoms with Gasteiger partial charge in [0, 0.05) is 23.5 Å². The summed E-state index contributed by atoms with van der Waals surface area (Å²) in [7, 11) is 0. The van der Waals surface area contributed by atoms with Gasteiger partial charge in [0.2, 0.25) is 0 Å². The van der Waals surface area contributed by atoms with Gasteiger partial charge in [-0.3, -0.25) is 10.1 Å². The third-order valence-corrected chi connectivity index (χ3v) is 6.37. The van der Waals surface area contributed by atoms with Gasteiger partial charge in [-0.15, -0.1) is 5.06 Å². The van der Waals surface area contributed by atoms with Crippen LogP contribution < -0.4 is 10.6 Å². The number of fused-ring (bicyclic) bond motifs is 1. The Morgan fingerprint density at radius 3 is 2.23 bits per heavy atom. The predicted molar refractivity (Wildman–Crippen MR) is 142 cm³/mol. The Labute approximate surface area is 223 Å². The van der Waals surface area contributed by atoms with Gasteiger partial charge in [0.25, 0.3) is 5.91 Å². The van der Waals surface area contributed by atoms with Crippen molar-refractivity contribution in [2.45, 2.75) is 19.1 Å². The minimum Gasteiger partial charge on any atom is -0.350 e. The van der Waals surface area contributed by atoms with Crippen LogP contribution in [0, 0.1) is 0 Å². The molecule has 0 radical (unpaired) electrons. The fraction of sp³-hybridized carbons (Fsp3) is 0.133. The van der Waals surface area contributed by atoms with Crippen LogP contribution in [-0.2, 0) is 24.0 Å². The summed E-state index contributed by atoms with van der Waals surface area (Å²) in [6.07, 6.45) is -4.39. The zero-order valence-electron chi connectivity index (χ0n) is 20.7. The SMILES string of the molecule is O=C(Nc1ccccc1)ON1CCc2cc(NC(=O)c3ccccc3-c3ccc(C(F)(F)F)cc3)ccc2C1. The molecule has 0 spiro atoms. The van der Waals surface area contributed by atoms with E-state index in [0.717, 1.165) is 23.3 Å². The molecule has 0 atom stereocenters. The minimum absolute atomic E-state index is 0.346. The molecule has 198 valence electrons. The number of para-hydroxylation sites is 1. The van der Waals surface area contributed by atoms with Gasteiger partial charge >= 0.3 is 12.3 Å². The number of anilines is 2. The second kappa shape index (κ2) is 11.0. The number of rotatable bonds is 5. The van der Waals surface area contributed by atoms with Gasteiger partial charge in [0.05, 0.1) is 12.1 Å². The summed E-state index contributed by atoms with van der Waals surface area (Å²) >= 11 is 0. The average molecular weight is 532 g/mol. The molecule has 0 fully saturated rings. The largest absolute Gasteiger partial charge is 0.430 e. The summed E-state index contributed by atoms with van der Waals surface area (Å²) < 4.78 is 38.9. The van der Waals surface area contributed by atoms with Crippen molar-refractivity contribution in [1.82, 2.24) is 5.06 Å². The Balaban J connectivity index is 1.24. The first-order valence-corrected chi connectivity index (χ1v) is 12.2. The lowest BCUT2D eigenvalue weighted by Gasteiger charge is -2.27. The molecule has 0 saturated heterocycles. The number of nitrogens with one attached hydrogen (secondary N) is 2. The number of carbonyl (C=O) groups excluding carboxylic acids is 2. The van der Waals surface area contributed by atoms with Gasteiger partial charge in [-0.1, -0.05) is 54.6 Å². The Kier molecular flexibility index (Phi) is 7.33. The zero-order chi connectivity index (χ0) is 27.4. The Hall–Kier alpha value is -4.63. The van der Waals surface area contributed by atoms with Crippen LogP contribution in [0.2, 0.25) is 0 Å². The molecule has 0 aliphatic carbocycles. The average Bonchev–Trinajstić information content (AvgIpc) is 2.93. The number of nitrogens with zero attached hydrogens (tertiary/aromatic N) is 1. The van der Waals surface area contributed by atoms with Crippen molar-refractivity contribution < 1.29 is 27.6 Å². The van der Waals surface area contributed by atoms with Crippen LogP contribution in [0.4, 0.5) is 29.3 Å². The molecule has 0 aromatic heterocycles. The summed E-state index contributed by atoms with van der Waals surface area (Å²) in [6, 6.07) is 26.1. The van der Waals surface area contributed by atoms with E-state index in [2.05, 4.69) is 10.6 Å². The van der Waals surface area contributed by atoms with E-state index < -0.39 is 17.8 Å². The van der Waals surface area contributed by atoms with E-state index in [1.807, 2.05) is 30.3 Å². The molecule has 0 bridgehead atoms. The number of hydroxylamine groups is 2. The summed E-state index contributed by atoms with van der Waals surface area (Å²) in [5.41, 5.74) is 3.86. The highest BCUT2D eigenvalue weighted by molar-refractivity contribution is 6.08.